The van der Waals surface area contributed by atoms with E-state index >= 15 is 0 Å². The number of aromatic nitrogens is 1. The summed E-state index contributed by atoms with van der Waals surface area (Å²) in [5, 5.41) is 0. The first-order valence-corrected chi connectivity index (χ1v) is 6.96. The number of fused-ring (bicyclic) bond motifs is 1. The minimum atomic E-state index is -0.523. The molecule has 21 heavy (non-hydrogen) atoms. The molecule has 104 valence electrons. The van der Waals surface area contributed by atoms with Crippen LogP contribution in [0.1, 0.15) is 0 Å². The van der Waals surface area contributed by atoms with Crippen LogP contribution in [0.4, 0.5) is 0 Å². The summed E-state index contributed by atoms with van der Waals surface area (Å²) in [5.41, 5.74) is 2.21. The van der Waals surface area contributed by atoms with Crippen LogP contribution < -0.4 is 4.74 Å². The van der Waals surface area contributed by atoms with Crippen LogP contribution in [0.3, 0.4) is 0 Å². The van der Waals surface area contributed by atoms with Crippen molar-refractivity contribution in [3.05, 3.63) is 59.6 Å². The summed E-state index contributed by atoms with van der Waals surface area (Å²) in [5.74, 6) is 0.338. The molecule has 0 radical (unpaired) electrons. The number of hydrogen-bond donors (Lipinski definition) is 0. The van der Waals surface area contributed by atoms with Gasteiger partial charge in [-0.1, -0.05) is 18.7 Å². The predicted molar refractivity (Wildman–Crippen MR) is 83.0 cm³/mol. The number of nitrogens with zero attached hydrogens (tertiary/aromatic N) is 1. The van der Waals surface area contributed by atoms with E-state index in [1.165, 1.54) is 0 Å². The number of carbonyl (C=O) groups excluding carboxylic acids is 1. The Morgan fingerprint density at radius 3 is 2.86 bits per heavy atom. The third kappa shape index (κ3) is 2.73. The SMILES string of the molecule is C=CC(=O)Oc1cc(-c2nc3ccccc3o2)ccc1Br. The third-order valence-electron chi connectivity index (χ3n) is 2.85. The number of ether oxygens (including phenoxy) is 1. The Hall–Kier alpha value is -2.40. The number of esters is 1. The van der Waals surface area contributed by atoms with Crippen LogP contribution in [-0.4, -0.2) is 11.0 Å². The van der Waals surface area contributed by atoms with Crippen molar-refractivity contribution in [3.8, 4) is 17.2 Å². The topological polar surface area (TPSA) is 52.3 Å². The Bertz CT molecular complexity index is 805. The molecule has 4 nitrogen and oxygen atoms in total. The van der Waals surface area contributed by atoms with Crippen LogP contribution in [0, 0.1) is 0 Å². The van der Waals surface area contributed by atoms with E-state index in [2.05, 4.69) is 27.5 Å². The summed E-state index contributed by atoms with van der Waals surface area (Å²) in [6.07, 6.45) is 1.11. The second-order valence-electron chi connectivity index (χ2n) is 4.26. The zero-order valence-electron chi connectivity index (χ0n) is 10.9. The molecule has 5 heteroatoms. The van der Waals surface area contributed by atoms with Gasteiger partial charge in [-0.3, -0.25) is 0 Å². The van der Waals surface area contributed by atoms with E-state index in [4.69, 9.17) is 9.15 Å². The summed E-state index contributed by atoms with van der Waals surface area (Å²) >= 11 is 3.33. The van der Waals surface area contributed by atoms with Gasteiger partial charge in [0.2, 0.25) is 5.89 Å². The smallest absolute Gasteiger partial charge is 0.335 e. The van der Waals surface area contributed by atoms with Crippen LogP contribution >= 0.6 is 15.9 Å². The summed E-state index contributed by atoms with van der Waals surface area (Å²) in [6, 6.07) is 12.8. The highest BCUT2D eigenvalue weighted by Gasteiger charge is 2.12. The lowest BCUT2D eigenvalue weighted by atomic mass is 10.2. The molecule has 0 unspecified atom stereocenters. The Kier molecular flexibility index (Phi) is 3.58. The molecule has 0 saturated carbocycles. The van der Waals surface area contributed by atoms with Crippen LogP contribution in [0.5, 0.6) is 5.75 Å². The van der Waals surface area contributed by atoms with Crippen LogP contribution in [0.15, 0.2) is 64.0 Å². The molecule has 3 rings (SSSR count). The molecule has 0 saturated heterocycles. The van der Waals surface area contributed by atoms with E-state index < -0.39 is 5.97 Å². The van der Waals surface area contributed by atoms with Crippen LogP contribution in [-0.2, 0) is 4.79 Å². The van der Waals surface area contributed by atoms with Crippen molar-refractivity contribution in [1.82, 2.24) is 4.98 Å². The van der Waals surface area contributed by atoms with Gasteiger partial charge in [-0.25, -0.2) is 9.78 Å². The molecule has 0 fully saturated rings. The molecule has 2 aromatic carbocycles. The number of rotatable bonds is 3. The van der Waals surface area contributed by atoms with Gasteiger partial charge >= 0.3 is 5.97 Å². The monoisotopic (exact) mass is 343 g/mol. The first kappa shape index (κ1) is 13.6. The summed E-state index contributed by atoms with van der Waals surface area (Å²) in [7, 11) is 0. The molecule has 1 aromatic heterocycles. The largest absolute Gasteiger partial charge is 0.436 e. The van der Waals surface area contributed by atoms with Gasteiger partial charge in [-0.2, -0.15) is 0 Å². The van der Waals surface area contributed by atoms with E-state index in [1.807, 2.05) is 30.3 Å². The predicted octanol–water partition coefficient (Wildman–Crippen LogP) is 4.35. The first-order valence-electron chi connectivity index (χ1n) is 6.17. The minimum Gasteiger partial charge on any atom is -0.436 e. The van der Waals surface area contributed by atoms with Crippen molar-refractivity contribution < 1.29 is 13.9 Å². The Morgan fingerprint density at radius 2 is 2.10 bits per heavy atom. The lowest BCUT2D eigenvalue weighted by molar-refractivity contribution is -0.129. The third-order valence-corrected chi connectivity index (χ3v) is 3.50. The average Bonchev–Trinajstić information content (AvgIpc) is 2.93. The maximum atomic E-state index is 11.3. The van der Waals surface area contributed by atoms with Crippen LogP contribution in [0.25, 0.3) is 22.6 Å². The van der Waals surface area contributed by atoms with Gasteiger partial charge in [0, 0.05) is 11.6 Å². The van der Waals surface area contributed by atoms with Gasteiger partial charge in [0.1, 0.15) is 11.3 Å². The number of para-hydroxylation sites is 2. The molecule has 0 bridgehead atoms. The molecule has 1 heterocycles. The summed E-state index contributed by atoms with van der Waals surface area (Å²) in [4.78, 5) is 15.7. The number of benzene rings is 2. The Balaban J connectivity index is 2.03. The second-order valence-corrected chi connectivity index (χ2v) is 5.11. The quantitative estimate of drug-likeness (QED) is 0.403. The fraction of sp³-hybridized carbons (Fsp3) is 0. The van der Waals surface area contributed by atoms with E-state index in [0.29, 0.717) is 21.7 Å². The Morgan fingerprint density at radius 1 is 1.29 bits per heavy atom. The number of oxazole rings is 1. The zero-order valence-corrected chi connectivity index (χ0v) is 12.5. The van der Waals surface area contributed by atoms with Gasteiger partial charge in [0.15, 0.2) is 5.58 Å². The highest BCUT2D eigenvalue weighted by molar-refractivity contribution is 9.10. The number of hydrogen-bond acceptors (Lipinski definition) is 4. The molecule has 0 aliphatic carbocycles. The standard InChI is InChI=1S/C16H10BrNO3/c1-2-15(19)20-14-9-10(7-8-11(14)17)16-18-12-5-3-4-6-13(12)21-16/h2-9H,1H2. The maximum absolute atomic E-state index is 11.3. The highest BCUT2D eigenvalue weighted by Crippen LogP contribution is 2.32. The number of halogens is 1. The molecule has 0 N–H and O–H groups in total. The first-order chi connectivity index (χ1) is 10.2. The van der Waals surface area contributed by atoms with Gasteiger partial charge in [-0.15, -0.1) is 0 Å². The van der Waals surface area contributed by atoms with Crippen LogP contribution in [0.2, 0.25) is 0 Å². The second kappa shape index (κ2) is 5.54. The summed E-state index contributed by atoms with van der Waals surface area (Å²) < 4.78 is 11.5. The van der Waals surface area contributed by atoms with Crippen molar-refractivity contribution in [2.45, 2.75) is 0 Å². The average molecular weight is 344 g/mol. The molecule has 3 aromatic rings. The van der Waals surface area contributed by atoms with Gasteiger partial charge in [0.05, 0.1) is 4.47 Å². The lowest BCUT2D eigenvalue weighted by Gasteiger charge is -2.05. The minimum absolute atomic E-state index is 0.389. The Labute approximate surface area is 129 Å². The van der Waals surface area contributed by atoms with E-state index in [-0.39, 0.29) is 0 Å². The number of carbonyl (C=O) groups is 1. The highest BCUT2D eigenvalue weighted by atomic mass is 79.9. The van der Waals surface area contributed by atoms with Crippen molar-refractivity contribution in [2.75, 3.05) is 0 Å². The van der Waals surface area contributed by atoms with E-state index in [1.54, 1.807) is 12.1 Å². The van der Waals surface area contributed by atoms with Gasteiger partial charge in [0.25, 0.3) is 0 Å². The van der Waals surface area contributed by atoms with Crippen molar-refractivity contribution in [3.63, 3.8) is 0 Å². The fourth-order valence-corrected chi connectivity index (χ4v) is 2.19. The lowest BCUT2D eigenvalue weighted by Crippen LogP contribution is -2.03. The van der Waals surface area contributed by atoms with Crippen molar-refractivity contribution in [1.29, 1.82) is 0 Å². The molecular weight excluding hydrogens is 334 g/mol. The molecular formula is C16H10BrNO3. The van der Waals surface area contributed by atoms with Crippen molar-refractivity contribution in [2.24, 2.45) is 0 Å². The van der Waals surface area contributed by atoms with Gasteiger partial charge in [-0.05, 0) is 46.3 Å². The zero-order chi connectivity index (χ0) is 14.8. The van der Waals surface area contributed by atoms with Crippen molar-refractivity contribution >= 4 is 33.0 Å². The molecule has 0 aliphatic rings. The molecule has 0 amide bonds. The summed E-state index contributed by atoms with van der Waals surface area (Å²) in [6.45, 7) is 3.38. The van der Waals surface area contributed by atoms with E-state index in [9.17, 15) is 4.79 Å². The molecule has 0 atom stereocenters. The molecule has 0 aliphatic heterocycles. The fourth-order valence-electron chi connectivity index (χ4n) is 1.86. The van der Waals surface area contributed by atoms with E-state index in [0.717, 1.165) is 17.2 Å². The molecule has 0 spiro atoms. The maximum Gasteiger partial charge on any atom is 0.335 e. The normalized spacial score (nSPS) is 10.5. The van der Waals surface area contributed by atoms with Gasteiger partial charge < -0.3 is 9.15 Å².